The number of carbonyl (C=O) groups is 1. The van der Waals surface area contributed by atoms with Crippen molar-refractivity contribution in [3.63, 3.8) is 0 Å². The van der Waals surface area contributed by atoms with Crippen LogP contribution in [0.4, 0.5) is 18.9 Å². The third kappa shape index (κ3) is 6.40. The fourth-order valence-electron chi connectivity index (χ4n) is 6.11. The molecule has 6 rings (SSSR count). The van der Waals surface area contributed by atoms with Gasteiger partial charge < -0.3 is 19.4 Å². The molecule has 44 heavy (non-hydrogen) atoms. The van der Waals surface area contributed by atoms with Crippen molar-refractivity contribution in [2.45, 2.75) is 56.3 Å². The quantitative estimate of drug-likeness (QED) is 0.359. The lowest BCUT2D eigenvalue weighted by Gasteiger charge is -2.32. The molecule has 2 atom stereocenters. The van der Waals surface area contributed by atoms with Gasteiger partial charge in [-0.1, -0.05) is 37.1 Å². The zero-order valence-corrected chi connectivity index (χ0v) is 24.6. The molecule has 0 unspecified atom stereocenters. The molecule has 1 aliphatic heterocycles. The van der Waals surface area contributed by atoms with Gasteiger partial charge in [0, 0.05) is 41.7 Å². The van der Waals surface area contributed by atoms with Gasteiger partial charge in [-0.3, -0.25) is 4.79 Å². The second-order valence-electron chi connectivity index (χ2n) is 11.6. The molecule has 2 saturated carbocycles. The van der Waals surface area contributed by atoms with E-state index in [0.717, 1.165) is 18.5 Å². The van der Waals surface area contributed by atoms with Crippen LogP contribution in [-0.2, 0) is 14.6 Å². The van der Waals surface area contributed by atoms with E-state index in [9.17, 15) is 31.6 Å². The summed E-state index contributed by atoms with van der Waals surface area (Å²) < 4.78 is 73.8. The maximum atomic E-state index is 13.6. The van der Waals surface area contributed by atoms with E-state index in [1.807, 2.05) is 29.2 Å². The highest BCUT2D eigenvalue weighted by atomic mass is 32.2. The van der Waals surface area contributed by atoms with Crippen molar-refractivity contribution in [3.05, 3.63) is 54.3 Å². The van der Waals surface area contributed by atoms with E-state index in [1.54, 1.807) is 6.07 Å². The van der Waals surface area contributed by atoms with Gasteiger partial charge in [-0.05, 0) is 49.9 Å². The lowest BCUT2D eigenvalue weighted by Crippen LogP contribution is -2.42. The number of anilines is 1. The minimum atomic E-state index is -4.88. The van der Waals surface area contributed by atoms with Gasteiger partial charge in [0.1, 0.15) is 22.7 Å². The predicted molar refractivity (Wildman–Crippen MR) is 155 cm³/mol. The Morgan fingerprint density at radius 2 is 1.82 bits per heavy atom. The highest BCUT2D eigenvalue weighted by Gasteiger charge is 2.47. The monoisotopic (exact) mass is 628 g/mol. The number of para-hydroxylation sites is 1. The molecule has 1 aromatic heterocycles. The third-order valence-corrected chi connectivity index (χ3v) is 10.2. The van der Waals surface area contributed by atoms with Gasteiger partial charge in [0.05, 0.1) is 17.6 Å². The summed E-state index contributed by atoms with van der Waals surface area (Å²) in [5, 5.41) is 12.5. The first-order valence-corrected chi connectivity index (χ1v) is 16.4. The lowest BCUT2D eigenvalue weighted by atomic mass is 9.76. The number of benzene rings is 2. The number of halogens is 3. The summed E-state index contributed by atoms with van der Waals surface area (Å²) in [7, 11) is -3.14. The first-order valence-electron chi connectivity index (χ1n) is 14.6. The molecular weight excluding hydrogens is 597 g/mol. The van der Waals surface area contributed by atoms with E-state index < -0.39 is 39.3 Å². The Labute approximate surface area is 252 Å². The number of hydrogen-bond acceptors (Lipinski definition) is 8. The molecule has 0 radical (unpaired) electrons. The SMILES string of the molecule is N#CC1(NC(=O)[C@@H]2CCCC[C@H]2c2oc(-c3cccc(OC(F)(F)F)c3)nc2-c2ccccc2N2CCS(=O)(=O)CC2)CC1. The maximum absolute atomic E-state index is 13.6. The van der Waals surface area contributed by atoms with Crippen LogP contribution in [0.3, 0.4) is 0 Å². The van der Waals surface area contributed by atoms with Crippen molar-refractivity contribution in [1.82, 2.24) is 10.3 Å². The molecule has 2 aliphatic carbocycles. The van der Waals surface area contributed by atoms with Crippen molar-refractivity contribution in [2.24, 2.45) is 5.92 Å². The van der Waals surface area contributed by atoms with E-state index >= 15 is 0 Å². The summed E-state index contributed by atoms with van der Waals surface area (Å²) in [6.45, 7) is 0.585. The molecule has 0 bridgehead atoms. The highest BCUT2D eigenvalue weighted by molar-refractivity contribution is 7.91. The fraction of sp³-hybridized carbons (Fsp3) is 0.452. The van der Waals surface area contributed by atoms with Gasteiger partial charge >= 0.3 is 6.36 Å². The number of sulfone groups is 1. The Bertz CT molecular complexity index is 1700. The van der Waals surface area contributed by atoms with Crippen molar-refractivity contribution in [2.75, 3.05) is 29.5 Å². The molecular formula is C31H31F3N4O5S. The molecule has 1 saturated heterocycles. The normalized spacial score (nSPS) is 22.5. The largest absolute Gasteiger partial charge is 0.573 e. The van der Waals surface area contributed by atoms with Crippen LogP contribution >= 0.6 is 0 Å². The maximum Gasteiger partial charge on any atom is 0.573 e. The Hall–Kier alpha value is -4.05. The molecule has 3 fully saturated rings. The smallest absolute Gasteiger partial charge is 0.440 e. The predicted octanol–water partition coefficient (Wildman–Crippen LogP) is 5.59. The van der Waals surface area contributed by atoms with Crippen LogP contribution in [0.2, 0.25) is 0 Å². The Balaban J connectivity index is 1.44. The molecule has 0 spiro atoms. The average molecular weight is 629 g/mol. The van der Waals surface area contributed by atoms with Gasteiger partial charge in [0.2, 0.25) is 11.8 Å². The Morgan fingerprint density at radius 1 is 1.09 bits per heavy atom. The van der Waals surface area contributed by atoms with Crippen molar-refractivity contribution in [3.8, 4) is 34.5 Å². The molecule has 13 heteroatoms. The number of carbonyl (C=O) groups excluding carboxylic acids is 1. The second-order valence-corrected chi connectivity index (χ2v) is 13.9. The minimum Gasteiger partial charge on any atom is -0.440 e. The zero-order chi connectivity index (χ0) is 31.1. The summed E-state index contributed by atoms with van der Waals surface area (Å²) in [6.07, 6.45) is -0.848. The van der Waals surface area contributed by atoms with E-state index in [0.29, 0.717) is 55.8 Å². The van der Waals surface area contributed by atoms with Crippen LogP contribution < -0.4 is 15.0 Å². The highest BCUT2D eigenvalue weighted by Crippen LogP contribution is 2.46. The molecule has 3 aliphatic rings. The number of nitriles is 1. The van der Waals surface area contributed by atoms with Gasteiger partial charge in [-0.2, -0.15) is 5.26 Å². The minimum absolute atomic E-state index is 0.00969. The summed E-state index contributed by atoms with van der Waals surface area (Å²) >= 11 is 0. The van der Waals surface area contributed by atoms with E-state index in [-0.39, 0.29) is 28.9 Å². The number of oxazole rings is 1. The number of nitrogens with zero attached hydrogens (tertiary/aromatic N) is 3. The topological polar surface area (TPSA) is 126 Å². The van der Waals surface area contributed by atoms with Crippen LogP contribution in [-0.4, -0.2) is 55.8 Å². The molecule has 232 valence electrons. The van der Waals surface area contributed by atoms with E-state index in [2.05, 4.69) is 16.1 Å². The number of alkyl halides is 3. The van der Waals surface area contributed by atoms with E-state index in [1.165, 1.54) is 18.2 Å². The van der Waals surface area contributed by atoms with Crippen LogP contribution in [0, 0.1) is 17.2 Å². The van der Waals surface area contributed by atoms with E-state index in [4.69, 9.17) is 9.40 Å². The number of rotatable bonds is 7. The first kappa shape index (κ1) is 30.0. The molecule has 3 aromatic rings. The number of nitrogens with one attached hydrogen (secondary N) is 1. The third-order valence-electron chi connectivity index (χ3n) is 8.58. The van der Waals surface area contributed by atoms with Gasteiger partial charge in [-0.25, -0.2) is 13.4 Å². The number of aromatic nitrogens is 1. The number of ether oxygens (including phenoxy) is 1. The Kier molecular flexibility index (Phi) is 7.82. The Morgan fingerprint density at radius 3 is 2.52 bits per heavy atom. The molecule has 2 aromatic carbocycles. The molecule has 1 N–H and O–H groups in total. The molecule has 9 nitrogen and oxygen atoms in total. The lowest BCUT2D eigenvalue weighted by molar-refractivity contribution is -0.274. The van der Waals surface area contributed by atoms with Crippen LogP contribution in [0.1, 0.15) is 50.2 Å². The zero-order valence-electron chi connectivity index (χ0n) is 23.8. The van der Waals surface area contributed by atoms with Crippen molar-refractivity contribution < 1.29 is 35.5 Å². The molecule has 1 amide bonds. The number of hydrogen-bond donors (Lipinski definition) is 1. The summed E-state index contributed by atoms with van der Waals surface area (Å²) in [5.41, 5.74) is 1.28. The standard InChI is InChI=1S/C31H31F3N4O5S/c32-31(33,34)43-21-7-5-6-20(18-21)29-36-26(24-10-3-4-11-25(24)38-14-16-44(40,41)17-15-38)27(42-29)22-8-1-2-9-23(22)28(39)37-30(19-35)12-13-30/h3-7,10-11,18,22-23H,1-2,8-9,12-17H2,(H,37,39)/t22-,23-/m1/s1. The second kappa shape index (κ2) is 11.5. The number of amides is 1. The first-order chi connectivity index (χ1) is 21.0. The molecule has 2 heterocycles. The van der Waals surface area contributed by atoms with Crippen LogP contribution in [0.15, 0.2) is 52.9 Å². The fourth-order valence-corrected chi connectivity index (χ4v) is 7.31. The van der Waals surface area contributed by atoms with Crippen molar-refractivity contribution >= 4 is 21.4 Å². The van der Waals surface area contributed by atoms with Gasteiger partial charge in [0.15, 0.2) is 9.84 Å². The van der Waals surface area contributed by atoms with Gasteiger partial charge in [-0.15, -0.1) is 13.2 Å². The van der Waals surface area contributed by atoms with Crippen molar-refractivity contribution in [1.29, 1.82) is 5.26 Å². The summed E-state index contributed by atoms with van der Waals surface area (Å²) in [5.74, 6) is -1.04. The summed E-state index contributed by atoms with van der Waals surface area (Å²) in [4.78, 5) is 20.3. The summed E-state index contributed by atoms with van der Waals surface area (Å²) in [6, 6.07) is 15.0. The van der Waals surface area contributed by atoms with Crippen LogP contribution in [0.5, 0.6) is 5.75 Å². The van der Waals surface area contributed by atoms with Gasteiger partial charge in [0.25, 0.3) is 0 Å². The van der Waals surface area contributed by atoms with Crippen LogP contribution in [0.25, 0.3) is 22.7 Å². The average Bonchev–Trinajstić information content (AvgIpc) is 3.63.